The molecule has 2 heteroatoms. The molecule has 0 bridgehead atoms. The number of hydrogen-bond donors (Lipinski definition) is 0. The van der Waals surface area contributed by atoms with E-state index in [0.29, 0.717) is 0 Å². The fourth-order valence-corrected chi connectivity index (χ4v) is 4.45. The van der Waals surface area contributed by atoms with E-state index in [4.69, 9.17) is 0 Å². The minimum absolute atomic E-state index is 0.976. The zero-order valence-electron chi connectivity index (χ0n) is 20.8. The smallest absolute Gasteiger partial charge is 0.0464 e. The summed E-state index contributed by atoms with van der Waals surface area (Å²) in [4.78, 5) is 4.57. The Hall–Kier alpha value is -4.04. The number of rotatable bonds is 9. The van der Waals surface area contributed by atoms with Crippen LogP contribution in [0.1, 0.15) is 30.9 Å². The first-order valence-electron chi connectivity index (χ1n) is 12.3. The van der Waals surface area contributed by atoms with Crippen molar-refractivity contribution in [1.82, 2.24) is 0 Å². The molecular formula is C33H34N2. The molecule has 0 fully saturated rings. The first-order valence-corrected chi connectivity index (χ1v) is 12.3. The van der Waals surface area contributed by atoms with Crippen LogP contribution in [0.2, 0.25) is 0 Å². The van der Waals surface area contributed by atoms with Crippen LogP contribution in [0, 0.1) is 6.92 Å². The van der Waals surface area contributed by atoms with E-state index in [9.17, 15) is 0 Å². The Morgan fingerprint density at radius 1 is 0.857 bits per heavy atom. The second kappa shape index (κ2) is 11.4. The zero-order chi connectivity index (χ0) is 24.6. The highest BCUT2D eigenvalue weighted by Crippen LogP contribution is 2.36. The van der Waals surface area contributed by atoms with Gasteiger partial charge in [-0.05, 0) is 104 Å². The summed E-state index contributed by atoms with van der Waals surface area (Å²) in [7, 11) is 0. The lowest BCUT2D eigenvalue weighted by molar-refractivity contribution is 0.996. The average molecular weight is 459 g/mol. The monoisotopic (exact) mass is 458 g/mol. The van der Waals surface area contributed by atoms with E-state index < -0.39 is 0 Å². The summed E-state index contributed by atoms with van der Waals surface area (Å²) < 4.78 is 0. The molecule has 3 aromatic carbocycles. The van der Waals surface area contributed by atoms with Crippen molar-refractivity contribution >= 4 is 22.7 Å². The van der Waals surface area contributed by atoms with Gasteiger partial charge in [-0.2, -0.15) is 0 Å². The molecule has 0 unspecified atom stereocenters. The molecule has 0 saturated heterocycles. The third-order valence-electron chi connectivity index (χ3n) is 6.19. The lowest BCUT2D eigenvalue weighted by Crippen LogP contribution is -2.18. The van der Waals surface area contributed by atoms with Gasteiger partial charge < -0.3 is 9.80 Å². The topological polar surface area (TPSA) is 6.48 Å². The number of allylic oxidation sites excluding steroid dienone is 6. The van der Waals surface area contributed by atoms with Crippen LogP contribution in [0.3, 0.4) is 0 Å². The molecule has 0 radical (unpaired) electrons. The highest BCUT2D eigenvalue weighted by Gasteiger charge is 2.17. The Morgan fingerprint density at radius 2 is 1.60 bits per heavy atom. The number of hydrogen-bond acceptors (Lipinski definition) is 2. The van der Waals surface area contributed by atoms with Gasteiger partial charge in [0.2, 0.25) is 0 Å². The van der Waals surface area contributed by atoms with Crippen LogP contribution in [0.25, 0.3) is 0 Å². The SMILES string of the molecule is C=C/C=C(\C=C)N(c1ccc(N(C2=CCCC=C2)c2cccc(CC)c2)cc1)c1cccc(C)c1. The van der Waals surface area contributed by atoms with E-state index >= 15 is 0 Å². The Bertz CT molecular complexity index is 1270. The minimum Gasteiger partial charge on any atom is -0.311 e. The zero-order valence-corrected chi connectivity index (χ0v) is 20.8. The molecule has 35 heavy (non-hydrogen) atoms. The van der Waals surface area contributed by atoms with Crippen molar-refractivity contribution in [2.45, 2.75) is 33.1 Å². The lowest BCUT2D eigenvalue weighted by atomic mass is 10.1. The third-order valence-corrected chi connectivity index (χ3v) is 6.19. The number of benzene rings is 3. The maximum Gasteiger partial charge on any atom is 0.0464 e. The van der Waals surface area contributed by atoms with Crippen molar-refractivity contribution in [2.75, 3.05) is 9.80 Å². The van der Waals surface area contributed by atoms with E-state index in [1.165, 1.54) is 22.5 Å². The third kappa shape index (κ3) is 5.55. The molecule has 0 saturated carbocycles. The van der Waals surface area contributed by atoms with E-state index in [1.807, 2.05) is 12.2 Å². The Morgan fingerprint density at radius 3 is 2.26 bits per heavy atom. The van der Waals surface area contributed by atoms with Crippen LogP contribution in [0.4, 0.5) is 22.7 Å². The normalized spacial score (nSPS) is 13.2. The lowest BCUT2D eigenvalue weighted by Gasteiger charge is -2.30. The molecule has 0 heterocycles. The Labute approximate surface area is 210 Å². The maximum atomic E-state index is 4.06. The maximum absolute atomic E-state index is 4.06. The predicted octanol–water partition coefficient (Wildman–Crippen LogP) is 9.32. The van der Waals surface area contributed by atoms with Crippen LogP contribution in [0.5, 0.6) is 0 Å². The summed E-state index contributed by atoms with van der Waals surface area (Å²) in [5.74, 6) is 0. The van der Waals surface area contributed by atoms with E-state index in [2.05, 4.69) is 128 Å². The quantitative estimate of drug-likeness (QED) is 0.295. The van der Waals surface area contributed by atoms with Gasteiger partial charge >= 0.3 is 0 Å². The van der Waals surface area contributed by atoms with Crippen molar-refractivity contribution in [1.29, 1.82) is 0 Å². The van der Waals surface area contributed by atoms with Crippen molar-refractivity contribution in [3.63, 3.8) is 0 Å². The summed E-state index contributed by atoms with van der Waals surface area (Å²) in [6.07, 6.45) is 15.7. The molecule has 176 valence electrons. The summed E-state index contributed by atoms with van der Waals surface area (Å²) in [6.45, 7) is 12.3. The molecule has 0 aromatic heterocycles. The van der Waals surface area contributed by atoms with E-state index in [0.717, 1.165) is 42.0 Å². The van der Waals surface area contributed by atoms with Gasteiger partial charge in [0.05, 0.1) is 0 Å². The first-order chi connectivity index (χ1) is 17.1. The fourth-order valence-electron chi connectivity index (χ4n) is 4.45. The molecule has 1 aliphatic rings. The Kier molecular flexibility index (Phi) is 7.84. The van der Waals surface area contributed by atoms with Gasteiger partial charge in [0, 0.05) is 34.1 Å². The number of aryl methyl sites for hydroxylation is 2. The van der Waals surface area contributed by atoms with Crippen molar-refractivity contribution < 1.29 is 0 Å². The molecule has 3 aromatic rings. The second-order valence-electron chi connectivity index (χ2n) is 8.69. The fraction of sp³-hybridized carbons (Fsp3) is 0.152. The van der Waals surface area contributed by atoms with Crippen LogP contribution in [-0.4, -0.2) is 0 Å². The molecule has 0 amide bonds. The van der Waals surface area contributed by atoms with Gasteiger partial charge in [-0.25, -0.2) is 0 Å². The summed E-state index contributed by atoms with van der Waals surface area (Å²) in [5.41, 5.74) is 9.22. The molecule has 2 nitrogen and oxygen atoms in total. The molecule has 1 aliphatic carbocycles. The van der Waals surface area contributed by atoms with Crippen LogP contribution in [-0.2, 0) is 6.42 Å². The highest BCUT2D eigenvalue weighted by atomic mass is 15.2. The first kappa shape index (κ1) is 24.1. The highest BCUT2D eigenvalue weighted by molar-refractivity contribution is 5.76. The standard InChI is InChI=1S/C33H34N2/c1-5-13-28(7-3)34(32-18-11-14-26(4)24-32)30-20-22-31(23-21-30)35(29-16-9-8-10-17-29)33-19-12-15-27(6-2)25-33/h5,7,9,11-25H,1,3,6,8,10H2,2,4H3/b28-13+. The molecule has 0 N–H and O–H groups in total. The molecule has 0 atom stereocenters. The molecule has 0 spiro atoms. The van der Waals surface area contributed by atoms with Gasteiger partial charge in [-0.1, -0.05) is 62.6 Å². The van der Waals surface area contributed by atoms with E-state index in [1.54, 1.807) is 6.08 Å². The van der Waals surface area contributed by atoms with Gasteiger partial charge in [0.15, 0.2) is 0 Å². The van der Waals surface area contributed by atoms with Crippen LogP contribution >= 0.6 is 0 Å². The van der Waals surface area contributed by atoms with Crippen molar-refractivity contribution in [3.05, 3.63) is 145 Å². The summed E-state index contributed by atoms with van der Waals surface area (Å²) in [6, 6.07) is 26.1. The van der Waals surface area contributed by atoms with Crippen molar-refractivity contribution in [3.8, 4) is 0 Å². The second-order valence-corrected chi connectivity index (χ2v) is 8.69. The molecule has 4 rings (SSSR count). The average Bonchev–Trinajstić information content (AvgIpc) is 2.90. The van der Waals surface area contributed by atoms with Gasteiger partial charge in [0.1, 0.15) is 0 Å². The summed E-state index contributed by atoms with van der Waals surface area (Å²) in [5, 5.41) is 0. The van der Waals surface area contributed by atoms with E-state index in [-0.39, 0.29) is 0 Å². The van der Waals surface area contributed by atoms with Crippen LogP contribution in [0.15, 0.2) is 134 Å². The van der Waals surface area contributed by atoms with Gasteiger partial charge in [-0.15, -0.1) is 0 Å². The van der Waals surface area contributed by atoms with Gasteiger partial charge in [-0.3, -0.25) is 0 Å². The predicted molar refractivity (Wildman–Crippen MR) is 153 cm³/mol. The molecular weight excluding hydrogens is 424 g/mol. The van der Waals surface area contributed by atoms with Crippen LogP contribution < -0.4 is 9.80 Å². The largest absolute Gasteiger partial charge is 0.311 e. The van der Waals surface area contributed by atoms with Gasteiger partial charge in [0.25, 0.3) is 0 Å². The number of anilines is 4. The summed E-state index contributed by atoms with van der Waals surface area (Å²) >= 11 is 0. The Balaban J connectivity index is 1.79. The minimum atomic E-state index is 0.976. The number of nitrogens with zero attached hydrogens (tertiary/aromatic N) is 2. The van der Waals surface area contributed by atoms with Crippen molar-refractivity contribution in [2.24, 2.45) is 0 Å². The molecule has 0 aliphatic heterocycles.